The highest BCUT2D eigenvalue weighted by Crippen LogP contribution is 2.23. The fraction of sp³-hybridized carbons (Fsp3) is 0.583. The van der Waals surface area contributed by atoms with Crippen LogP contribution in [0.5, 0.6) is 0 Å². The molecule has 1 aromatic heterocycles. The average Bonchev–Trinajstić information content (AvgIpc) is 2.74. The predicted molar refractivity (Wildman–Crippen MR) is 63.4 cm³/mol. The van der Waals surface area contributed by atoms with Crippen LogP contribution in [0.4, 0.5) is 0 Å². The molecular weight excluding hydrogens is 208 g/mol. The van der Waals surface area contributed by atoms with E-state index in [1.54, 1.807) is 18.4 Å². The Morgan fingerprint density at radius 3 is 2.53 bits per heavy atom. The van der Waals surface area contributed by atoms with Gasteiger partial charge in [-0.1, -0.05) is 13.8 Å². The molecule has 0 saturated heterocycles. The number of methoxy groups -OCH3 is 1. The maximum absolute atomic E-state index is 12.1. The SMILES string of the molecule is CCC(CC)(OC)C(=O)Cc1ccsc1. The highest BCUT2D eigenvalue weighted by molar-refractivity contribution is 7.08. The number of hydrogen-bond acceptors (Lipinski definition) is 3. The summed E-state index contributed by atoms with van der Waals surface area (Å²) in [7, 11) is 1.62. The summed E-state index contributed by atoms with van der Waals surface area (Å²) in [5.74, 6) is 0.188. The molecule has 0 aliphatic heterocycles. The molecule has 15 heavy (non-hydrogen) atoms. The number of ether oxygens (including phenoxy) is 1. The van der Waals surface area contributed by atoms with Crippen LogP contribution in [-0.4, -0.2) is 18.5 Å². The van der Waals surface area contributed by atoms with Crippen molar-refractivity contribution in [2.24, 2.45) is 0 Å². The van der Waals surface area contributed by atoms with Crippen molar-refractivity contribution >= 4 is 17.1 Å². The van der Waals surface area contributed by atoms with Gasteiger partial charge in [-0.2, -0.15) is 11.3 Å². The Morgan fingerprint density at radius 2 is 2.13 bits per heavy atom. The van der Waals surface area contributed by atoms with E-state index in [0.717, 1.165) is 18.4 Å². The van der Waals surface area contributed by atoms with Gasteiger partial charge in [0.25, 0.3) is 0 Å². The lowest BCUT2D eigenvalue weighted by Gasteiger charge is -2.28. The second-order valence-corrected chi connectivity index (χ2v) is 4.42. The quantitative estimate of drug-likeness (QED) is 0.745. The van der Waals surface area contributed by atoms with Gasteiger partial charge in [0.1, 0.15) is 5.60 Å². The Labute approximate surface area is 95.3 Å². The van der Waals surface area contributed by atoms with Gasteiger partial charge in [-0.25, -0.2) is 0 Å². The molecule has 3 heteroatoms. The zero-order valence-electron chi connectivity index (χ0n) is 9.58. The van der Waals surface area contributed by atoms with E-state index >= 15 is 0 Å². The van der Waals surface area contributed by atoms with Crippen LogP contribution < -0.4 is 0 Å². The van der Waals surface area contributed by atoms with E-state index in [1.807, 2.05) is 30.7 Å². The van der Waals surface area contributed by atoms with Crippen LogP contribution in [0, 0.1) is 0 Å². The van der Waals surface area contributed by atoms with E-state index in [-0.39, 0.29) is 5.78 Å². The highest BCUT2D eigenvalue weighted by Gasteiger charge is 2.33. The Bertz CT molecular complexity index is 291. The van der Waals surface area contributed by atoms with E-state index in [2.05, 4.69) is 0 Å². The van der Waals surface area contributed by atoms with Crippen LogP contribution in [-0.2, 0) is 16.0 Å². The summed E-state index contributed by atoms with van der Waals surface area (Å²) in [5, 5.41) is 4.01. The molecule has 0 aliphatic carbocycles. The number of carbonyl (C=O) groups is 1. The first kappa shape index (κ1) is 12.4. The lowest BCUT2D eigenvalue weighted by molar-refractivity contribution is -0.141. The molecule has 2 nitrogen and oxygen atoms in total. The van der Waals surface area contributed by atoms with Crippen LogP contribution in [0.3, 0.4) is 0 Å². The van der Waals surface area contributed by atoms with E-state index in [9.17, 15) is 4.79 Å². The van der Waals surface area contributed by atoms with Crippen LogP contribution in [0.25, 0.3) is 0 Å². The predicted octanol–water partition coefficient (Wildman–Crippen LogP) is 3.06. The fourth-order valence-corrected chi connectivity index (χ4v) is 2.46. The largest absolute Gasteiger partial charge is 0.370 e. The van der Waals surface area contributed by atoms with Crippen molar-refractivity contribution in [3.05, 3.63) is 22.4 Å². The molecule has 0 bridgehead atoms. The second-order valence-electron chi connectivity index (χ2n) is 3.64. The van der Waals surface area contributed by atoms with Gasteiger partial charge in [0.15, 0.2) is 5.78 Å². The van der Waals surface area contributed by atoms with Gasteiger partial charge in [0.05, 0.1) is 0 Å². The van der Waals surface area contributed by atoms with E-state index < -0.39 is 5.60 Å². The number of Topliss-reactive ketones (excluding diaryl/α,β-unsaturated/α-hetero) is 1. The first-order valence-corrected chi connectivity index (χ1v) is 6.22. The molecule has 84 valence electrons. The molecule has 0 unspecified atom stereocenters. The van der Waals surface area contributed by atoms with Gasteiger partial charge in [-0.15, -0.1) is 0 Å². The molecule has 1 aromatic rings. The van der Waals surface area contributed by atoms with Gasteiger partial charge in [0.2, 0.25) is 0 Å². The molecule has 0 fully saturated rings. The number of carbonyl (C=O) groups excluding carboxylic acids is 1. The van der Waals surface area contributed by atoms with Crippen molar-refractivity contribution < 1.29 is 9.53 Å². The summed E-state index contributed by atoms with van der Waals surface area (Å²) in [5.41, 5.74) is 0.510. The zero-order valence-corrected chi connectivity index (χ0v) is 10.4. The molecule has 0 atom stereocenters. The fourth-order valence-electron chi connectivity index (χ4n) is 1.79. The zero-order chi connectivity index (χ0) is 11.3. The van der Waals surface area contributed by atoms with Gasteiger partial charge in [-0.05, 0) is 35.2 Å². The number of hydrogen-bond donors (Lipinski definition) is 0. The normalized spacial score (nSPS) is 11.7. The van der Waals surface area contributed by atoms with E-state index in [4.69, 9.17) is 4.74 Å². The molecule has 0 aromatic carbocycles. The van der Waals surface area contributed by atoms with Crippen molar-refractivity contribution in [3.63, 3.8) is 0 Å². The molecule has 0 amide bonds. The van der Waals surface area contributed by atoms with E-state index in [0.29, 0.717) is 6.42 Å². The van der Waals surface area contributed by atoms with Gasteiger partial charge in [0, 0.05) is 13.5 Å². The third-order valence-electron chi connectivity index (χ3n) is 2.99. The third-order valence-corrected chi connectivity index (χ3v) is 3.72. The molecule has 1 heterocycles. The summed E-state index contributed by atoms with van der Waals surface area (Å²) >= 11 is 1.62. The molecule has 0 aliphatic rings. The second kappa shape index (κ2) is 5.42. The molecule has 0 spiro atoms. The number of thiophene rings is 1. The summed E-state index contributed by atoms with van der Waals surface area (Å²) in [6, 6.07) is 1.99. The first-order chi connectivity index (χ1) is 7.18. The summed E-state index contributed by atoms with van der Waals surface area (Å²) in [6.45, 7) is 4.00. The van der Waals surface area contributed by atoms with Crippen molar-refractivity contribution in [1.82, 2.24) is 0 Å². The standard InChI is InChI=1S/C12H18O2S/c1-4-12(5-2,14-3)11(13)8-10-6-7-15-9-10/h6-7,9H,4-5,8H2,1-3H3. The maximum Gasteiger partial charge on any atom is 0.168 e. The summed E-state index contributed by atoms with van der Waals surface area (Å²) in [6.07, 6.45) is 1.96. The van der Waals surface area contributed by atoms with Crippen molar-refractivity contribution in [1.29, 1.82) is 0 Å². The third kappa shape index (κ3) is 2.67. The van der Waals surface area contributed by atoms with E-state index in [1.165, 1.54) is 0 Å². The lowest BCUT2D eigenvalue weighted by atomic mass is 9.89. The van der Waals surface area contributed by atoms with Crippen molar-refractivity contribution in [2.45, 2.75) is 38.7 Å². The Hall–Kier alpha value is -0.670. The van der Waals surface area contributed by atoms with Gasteiger partial charge >= 0.3 is 0 Å². The Kier molecular flexibility index (Phi) is 4.48. The highest BCUT2D eigenvalue weighted by atomic mass is 32.1. The van der Waals surface area contributed by atoms with Gasteiger partial charge in [-0.3, -0.25) is 4.79 Å². The van der Waals surface area contributed by atoms with Crippen LogP contribution >= 0.6 is 11.3 Å². The smallest absolute Gasteiger partial charge is 0.168 e. The maximum atomic E-state index is 12.1. The molecule has 1 rings (SSSR count). The molecule has 0 radical (unpaired) electrons. The van der Waals surface area contributed by atoms with Crippen molar-refractivity contribution in [3.8, 4) is 0 Å². The Balaban J connectivity index is 2.73. The minimum absolute atomic E-state index is 0.188. The molecular formula is C12H18O2S. The topological polar surface area (TPSA) is 26.3 Å². The molecule has 0 saturated carbocycles. The first-order valence-electron chi connectivity index (χ1n) is 5.28. The summed E-state index contributed by atoms with van der Waals surface area (Å²) < 4.78 is 5.40. The Morgan fingerprint density at radius 1 is 1.47 bits per heavy atom. The number of rotatable bonds is 6. The average molecular weight is 226 g/mol. The van der Waals surface area contributed by atoms with Gasteiger partial charge < -0.3 is 4.74 Å². The minimum atomic E-state index is -0.581. The number of ketones is 1. The monoisotopic (exact) mass is 226 g/mol. The summed E-state index contributed by atoms with van der Waals surface area (Å²) in [4.78, 5) is 12.1. The van der Waals surface area contributed by atoms with Crippen LogP contribution in [0.2, 0.25) is 0 Å². The van der Waals surface area contributed by atoms with Crippen molar-refractivity contribution in [2.75, 3.05) is 7.11 Å². The minimum Gasteiger partial charge on any atom is -0.370 e. The molecule has 0 N–H and O–H groups in total. The lowest BCUT2D eigenvalue weighted by Crippen LogP contribution is -2.40. The van der Waals surface area contributed by atoms with Crippen LogP contribution in [0.15, 0.2) is 16.8 Å². The van der Waals surface area contributed by atoms with Crippen LogP contribution in [0.1, 0.15) is 32.3 Å².